The fraction of sp³-hybridized carbons (Fsp3) is 0.250. The number of fused-ring (bicyclic) bond motifs is 2. The molecule has 3 rings (SSSR count). The van der Waals surface area contributed by atoms with Crippen LogP contribution in [-0.2, 0) is 4.79 Å². The number of carbonyl (C=O) groups excluding carboxylic acids is 1. The highest BCUT2D eigenvalue weighted by Crippen LogP contribution is 2.44. The summed E-state index contributed by atoms with van der Waals surface area (Å²) in [6.07, 6.45) is 1.76. The Kier molecular flexibility index (Phi) is 2.88. The second kappa shape index (κ2) is 4.38. The van der Waals surface area contributed by atoms with Crippen LogP contribution in [-0.4, -0.2) is 23.9 Å². The average molecular weight is 312 g/mol. The summed E-state index contributed by atoms with van der Waals surface area (Å²) in [5, 5.41) is 0. The highest BCUT2D eigenvalue weighted by atomic mass is 79.9. The Bertz CT molecular complexity index is 515. The van der Waals surface area contributed by atoms with Gasteiger partial charge in [-0.2, -0.15) is 0 Å². The third kappa shape index (κ3) is 1.98. The lowest BCUT2D eigenvalue weighted by Crippen LogP contribution is -2.10. The number of benzene rings is 1. The van der Waals surface area contributed by atoms with Crippen LogP contribution in [0, 0.1) is 0 Å². The molecule has 1 amide bonds. The summed E-state index contributed by atoms with van der Waals surface area (Å²) in [5.74, 6) is 0.901. The van der Waals surface area contributed by atoms with E-state index in [9.17, 15) is 4.79 Å². The van der Waals surface area contributed by atoms with Gasteiger partial charge in [-0.3, -0.25) is 9.10 Å². The standard InChI is InChI=1S/C12H10BrNO2S/c13-8-1-2-9-10-6-14(7-15)17-12(10)3-4-16-11(9)5-8/h1-2,5,7H,3-4,6H2. The zero-order valence-corrected chi connectivity index (χ0v) is 11.4. The molecular weight excluding hydrogens is 302 g/mol. The molecule has 17 heavy (non-hydrogen) atoms. The number of ether oxygens (including phenoxy) is 1. The lowest BCUT2D eigenvalue weighted by atomic mass is 10.0. The molecular formula is C12H10BrNO2S. The predicted molar refractivity (Wildman–Crippen MR) is 71.5 cm³/mol. The van der Waals surface area contributed by atoms with Gasteiger partial charge in [-0.05, 0) is 35.7 Å². The van der Waals surface area contributed by atoms with Crippen molar-refractivity contribution in [3.8, 4) is 5.75 Å². The Hall–Kier alpha value is -0.940. The molecule has 0 spiro atoms. The second-order valence-corrected chi connectivity index (χ2v) is 5.97. The van der Waals surface area contributed by atoms with Crippen molar-refractivity contribution < 1.29 is 9.53 Å². The van der Waals surface area contributed by atoms with Gasteiger partial charge in [-0.15, -0.1) is 0 Å². The monoisotopic (exact) mass is 311 g/mol. The number of nitrogens with zero attached hydrogens (tertiary/aromatic N) is 1. The Morgan fingerprint density at radius 3 is 3.18 bits per heavy atom. The number of amides is 1. The molecule has 0 bridgehead atoms. The molecule has 88 valence electrons. The zero-order valence-electron chi connectivity index (χ0n) is 8.98. The van der Waals surface area contributed by atoms with Crippen LogP contribution >= 0.6 is 27.9 Å². The second-order valence-electron chi connectivity index (χ2n) is 3.91. The van der Waals surface area contributed by atoms with Crippen LogP contribution in [0.25, 0.3) is 5.57 Å². The quantitative estimate of drug-likeness (QED) is 0.589. The highest BCUT2D eigenvalue weighted by molar-refractivity contribution is 9.10. The molecule has 0 saturated carbocycles. The van der Waals surface area contributed by atoms with Crippen LogP contribution < -0.4 is 4.74 Å². The number of carbonyl (C=O) groups is 1. The van der Waals surface area contributed by atoms with Gasteiger partial charge >= 0.3 is 0 Å². The molecule has 0 radical (unpaired) electrons. The van der Waals surface area contributed by atoms with E-state index in [0.29, 0.717) is 13.2 Å². The molecule has 0 aliphatic carbocycles. The molecule has 3 nitrogen and oxygen atoms in total. The maximum Gasteiger partial charge on any atom is 0.220 e. The molecule has 2 aliphatic rings. The van der Waals surface area contributed by atoms with Gasteiger partial charge in [-0.1, -0.05) is 15.9 Å². The van der Waals surface area contributed by atoms with Crippen LogP contribution in [0.15, 0.2) is 27.6 Å². The van der Waals surface area contributed by atoms with E-state index >= 15 is 0 Å². The molecule has 1 aromatic carbocycles. The summed E-state index contributed by atoms with van der Waals surface area (Å²) in [6, 6.07) is 6.04. The van der Waals surface area contributed by atoms with Crippen molar-refractivity contribution in [2.24, 2.45) is 0 Å². The molecule has 2 heterocycles. The van der Waals surface area contributed by atoms with E-state index in [4.69, 9.17) is 4.74 Å². The van der Waals surface area contributed by atoms with E-state index < -0.39 is 0 Å². The van der Waals surface area contributed by atoms with Gasteiger partial charge in [0.05, 0.1) is 13.2 Å². The largest absolute Gasteiger partial charge is 0.493 e. The van der Waals surface area contributed by atoms with Crippen molar-refractivity contribution in [1.29, 1.82) is 0 Å². The summed E-state index contributed by atoms with van der Waals surface area (Å²) in [5.41, 5.74) is 2.33. The van der Waals surface area contributed by atoms with E-state index in [1.807, 2.05) is 12.1 Å². The van der Waals surface area contributed by atoms with Crippen LogP contribution in [0.5, 0.6) is 5.75 Å². The van der Waals surface area contributed by atoms with Crippen molar-refractivity contribution in [3.05, 3.63) is 33.1 Å². The van der Waals surface area contributed by atoms with Gasteiger partial charge in [-0.25, -0.2) is 0 Å². The van der Waals surface area contributed by atoms with E-state index in [-0.39, 0.29) is 0 Å². The summed E-state index contributed by atoms with van der Waals surface area (Å²) in [6.45, 7) is 1.34. The molecule has 0 atom stereocenters. The Balaban J connectivity index is 2.06. The summed E-state index contributed by atoms with van der Waals surface area (Å²) < 4.78 is 8.48. The number of rotatable bonds is 1. The molecule has 0 aromatic heterocycles. The fourth-order valence-corrected chi connectivity index (χ4v) is 3.40. The zero-order chi connectivity index (χ0) is 11.8. The predicted octanol–water partition coefficient (Wildman–Crippen LogP) is 3.06. The molecule has 5 heteroatoms. The molecule has 0 saturated heterocycles. The van der Waals surface area contributed by atoms with Gasteiger partial charge in [0.2, 0.25) is 6.41 Å². The molecule has 0 fully saturated rings. The third-order valence-electron chi connectivity index (χ3n) is 2.85. The van der Waals surface area contributed by atoms with Gasteiger partial charge in [0, 0.05) is 21.4 Å². The summed E-state index contributed by atoms with van der Waals surface area (Å²) >= 11 is 4.98. The maximum absolute atomic E-state index is 10.8. The number of halogens is 1. The van der Waals surface area contributed by atoms with Gasteiger partial charge in [0.1, 0.15) is 5.75 Å². The Morgan fingerprint density at radius 2 is 2.35 bits per heavy atom. The minimum atomic E-state index is 0.668. The average Bonchev–Trinajstić information content (AvgIpc) is 2.66. The van der Waals surface area contributed by atoms with E-state index in [1.54, 1.807) is 4.31 Å². The molecule has 0 N–H and O–H groups in total. The first-order valence-electron chi connectivity index (χ1n) is 5.32. The first-order chi connectivity index (χ1) is 8.28. The van der Waals surface area contributed by atoms with Crippen LogP contribution in [0.3, 0.4) is 0 Å². The molecule has 2 aliphatic heterocycles. The van der Waals surface area contributed by atoms with Crippen LogP contribution in [0.4, 0.5) is 0 Å². The molecule has 1 aromatic rings. The van der Waals surface area contributed by atoms with Crippen molar-refractivity contribution in [1.82, 2.24) is 4.31 Å². The van der Waals surface area contributed by atoms with Crippen molar-refractivity contribution in [2.45, 2.75) is 6.42 Å². The maximum atomic E-state index is 10.8. The Morgan fingerprint density at radius 1 is 1.47 bits per heavy atom. The number of hydrogen-bond donors (Lipinski definition) is 0. The fourth-order valence-electron chi connectivity index (χ4n) is 2.08. The van der Waals surface area contributed by atoms with Crippen molar-refractivity contribution in [2.75, 3.05) is 13.2 Å². The van der Waals surface area contributed by atoms with Gasteiger partial charge in [0.15, 0.2) is 0 Å². The third-order valence-corrected chi connectivity index (χ3v) is 4.46. The SMILES string of the molecule is O=CN1CC2=C(CCOc3cc(Br)ccc32)S1. The highest BCUT2D eigenvalue weighted by Gasteiger charge is 2.27. The minimum Gasteiger partial charge on any atom is -0.493 e. The summed E-state index contributed by atoms with van der Waals surface area (Å²) in [7, 11) is 0. The smallest absolute Gasteiger partial charge is 0.220 e. The van der Waals surface area contributed by atoms with Crippen molar-refractivity contribution in [3.63, 3.8) is 0 Å². The van der Waals surface area contributed by atoms with Crippen LogP contribution in [0.1, 0.15) is 12.0 Å². The first-order valence-corrected chi connectivity index (χ1v) is 6.89. The van der Waals surface area contributed by atoms with Gasteiger partial charge < -0.3 is 4.74 Å². The van der Waals surface area contributed by atoms with Crippen molar-refractivity contribution >= 4 is 39.9 Å². The van der Waals surface area contributed by atoms with E-state index in [0.717, 1.165) is 28.6 Å². The lowest BCUT2D eigenvalue weighted by molar-refractivity contribution is -0.113. The Labute approximate surface area is 112 Å². The summed E-state index contributed by atoms with van der Waals surface area (Å²) in [4.78, 5) is 12.1. The topological polar surface area (TPSA) is 29.5 Å². The molecule has 0 unspecified atom stereocenters. The van der Waals surface area contributed by atoms with E-state index in [2.05, 4.69) is 22.0 Å². The first kappa shape index (κ1) is 11.2. The number of hydrogen-bond acceptors (Lipinski definition) is 3. The normalized spacial score (nSPS) is 18.3. The van der Waals surface area contributed by atoms with Gasteiger partial charge in [0.25, 0.3) is 0 Å². The minimum absolute atomic E-state index is 0.668. The van der Waals surface area contributed by atoms with E-state index in [1.165, 1.54) is 22.4 Å². The van der Waals surface area contributed by atoms with Crippen LogP contribution in [0.2, 0.25) is 0 Å². The lowest BCUT2D eigenvalue weighted by Gasteiger charge is -2.12.